The summed E-state index contributed by atoms with van der Waals surface area (Å²) in [5.74, 6) is -1.46. The molecule has 0 aliphatic heterocycles. The number of anilines is 1. The molecule has 0 saturated heterocycles. The van der Waals surface area contributed by atoms with Gasteiger partial charge in [0.2, 0.25) is 5.91 Å². The van der Waals surface area contributed by atoms with E-state index >= 15 is 0 Å². The minimum atomic E-state index is -1.05. The number of nitrogens with one attached hydrogen (secondary N) is 1. The van der Waals surface area contributed by atoms with Gasteiger partial charge in [0.1, 0.15) is 6.42 Å². The molecule has 0 aliphatic rings. The number of hydrogen-bond acceptors (Lipinski definition) is 4. The van der Waals surface area contributed by atoms with Gasteiger partial charge in [-0.1, -0.05) is 28.1 Å². The van der Waals surface area contributed by atoms with Crippen LogP contribution in [-0.2, 0) is 4.79 Å². The van der Waals surface area contributed by atoms with Crippen LogP contribution < -0.4 is 5.32 Å². The van der Waals surface area contributed by atoms with Crippen LogP contribution in [0.3, 0.4) is 0 Å². The molecule has 1 amide bonds. The Bertz CT molecular complexity index is 1070. The fourth-order valence-corrected chi connectivity index (χ4v) is 2.92. The Balaban J connectivity index is 2.08. The number of carbonyl (C=O) groups excluding carboxylic acids is 1. The number of carboxylic acid groups (broad SMARTS) is 1. The Morgan fingerprint density at radius 1 is 1.19 bits per heavy atom. The van der Waals surface area contributed by atoms with Crippen LogP contribution in [0.5, 0.6) is 0 Å². The van der Waals surface area contributed by atoms with Crippen LogP contribution in [0.2, 0.25) is 0 Å². The standard InChI is InChI=1S/C19H12BrN3O3/c20-12-4-5-16-14(9-12)15(19(25)26)10-17(23-16)11-2-1-3-13(8-11)22-18(24)6-7-21/h1-5,8-10H,6H2,(H,22,24)(H,25,26). The van der Waals surface area contributed by atoms with Gasteiger partial charge in [-0.25, -0.2) is 9.78 Å². The van der Waals surface area contributed by atoms with E-state index in [1.54, 1.807) is 48.5 Å². The van der Waals surface area contributed by atoms with Gasteiger partial charge in [0.05, 0.1) is 22.8 Å². The van der Waals surface area contributed by atoms with Crippen molar-refractivity contribution in [3.63, 3.8) is 0 Å². The topological polar surface area (TPSA) is 103 Å². The van der Waals surface area contributed by atoms with Crippen molar-refractivity contribution in [2.24, 2.45) is 0 Å². The first-order valence-electron chi connectivity index (χ1n) is 7.59. The van der Waals surface area contributed by atoms with E-state index in [-0.39, 0.29) is 12.0 Å². The van der Waals surface area contributed by atoms with Crippen molar-refractivity contribution in [1.29, 1.82) is 5.26 Å². The summed E-state index contributed by atoms with van der Waals surface area (Å²) in [7, 11) is 0. The zero-order valence-corrected chi connectivity index (χ0v) is 14.9. The van der Waals surface area contributed by atoms with Crippen LogP contribution in [0, 0.1) is 11.3 Å². The van der Waals surface area contributed by atoms with Gasteiger partial charge in [-0.15, -0.1) is 0 Å². The van der Waals surface area contributed by atoms with Gasteiger partial charge < -0.3 is 10.4 Å². The van der Waals surface area contributed by atoms with Gasteiger partial charge in [0, 0.05) is 21.1 Å². The number of halogens is 1. The fraction of sp³-hybridized carbons (Fsp3) is 0.0526. The molecule has 0 aliphatic carbocycles. The number of carbonyl (C=O) groups is 2. The summed E-state index contributed by atoms with van der Waals surface area (Å²) < 4.78 is 0.768. The second-order valence-corrected chi connectivity index (χ2v) is 6.40. The van der Waals surface area contributed by atoms with Crippen molar-refractivity contribution in [1.82, 2.24) is 4.98 Å². The predicted molar refractivity (Wildman–Crippen MR) is 101 cm³/mol. The second kappa shape index (κ2) is 7.33. The number of benzene rings is 2. The minimum Gasteiger partial charge on any atom is -0.478 e. The molecule has 0 bridgehead atoms. The van der Waals surface area contributed by atoms with E-state index in [4.69, 9.17) is 5.26 Å². The van der Waals surface area contributed by atoms with E-state index < -0.39 is 11.9 Å². The third kappa shape index (κ3) is 3.71. The maximum absolute atomic E-state index is 11.7. The van der Waals surface area contributed by atoms with E-state index in [0.29, 0.717) is 27.8 Å². The van der Waals surface area contributed by atoms with E-state index in [1.165, 1.54) is 6.07 Å². The highest BCUT2D eigenvalue weighted by atomic mass is 79.9. The Kier molecular flexibility index (Phi) is 4.96. The lowest BCUT2D eigenvalue weighted by Crippen LogP contribution is -2.10. The maximum atomic E-state index is 11.7. The van der Waals surface area contributed by atoms with Gasteiger partial charge in [-0.05, 0) is 36.4 Å². The molecule has 2 aromatic carbocycles. The largest absolute Gasteiger partial charge is 0.478 e. The monoisotopic (exact) mass is 409 g/mol. The summed E-state index contributed by atoms with van der Waals surface area (Å²) in [6.07, 6.45) is -0.240. The summed E-state index contributed by atoms with van der Waals surface area (Å²) in [5, 5.41) is 21.3. The molecule has 0 atom stereocenters. The first-order chi connectivity index (χ1) is 12.5. The molecule has 7 heteroatoms. The molecule has 3 rings (SSSR count). The number of pyridine rings is 1. The third-order valence-corrected chi connectivity index (χ3v) is 4.18. The summed E-state index contributed by atoms with van der Waals surface area (Å²) >= 11 is 3.34. The molecular weight excluding hydrogens is 398 g/mol. The number of rotatable bonds is 4. The number of amides is 1. The Morgan fingerprint density at radius 3 is 2.73 bits per heavy atom. The lowest BCUT2D eigenvalue weighted by Gasteiger charge is -2.09. The summed E-state index contributed by atoms with van der Waals surface area (Å²) in [6.45, 7) is 0. The molecule has 1 aromatic heterocycles. The molecule has 0 radical (unpaired) electrons. The molecule has 128 valence electrons. The van der Waals surface area contributed by atoms with Crippen LogP contribution in [0.4, 0.5) is 5.69 Å². The Morgan fingerprint density at radius 2 is 2.00 bits per heavy atom. The maximum Gasteiger partial charge on any atom is 0.336 e. The minimum absolute atomic E-state index is 0.144. The van der Waals surface area contributed by atoms with Crippen LogP contribution in [0.15, 0.2) is 53.0 Å². The normalized spacial score (nSPS) is 10.3. The number of hydrogen-bond donors (Lipinski definition) is 2. The molecule has 0 unspecified atom stereocenters. The molecule has 1 heterocycles. The molecule has 3 aromatic rings. The molecule has 0 fully saturated rings. The van der Waals surface area contributed by atoms with Crippen molar-refractivity contribution < 1.29 is 14.7 Å². The zero-order valence-electron chi connectivity index (χ0n) is 13.4. The second-order valence-electron chi connectivity index (χ2n) is 5.49. The van der Waals surface area contributed by atoms with Crippen molar-refractivity contribution in [2.75, 3.05) is 5.32 Å². The summed E-state index contributed by atoms with van der Waals surface area (Å²) in [5.41, 5.74) is 2.35. The molecule has 26 heavy (non-hydrogen) atoms. The van der Waals surface area contributed by atoms with Crippen molar-refractivity contribution in [2.45, 2.75) is 6.42 Å². The highest BCUT2D eigenvalue weighted by Gasteiger charge is 2.14. The van der Waals surface area contributed by atoms with E-state index in [9.17, 15) is 14.7 Å². The highest BCUT2D eigenvalue weighted by molar-refractivity contribution is 9.10. The van der Waals surface area contributed by atoms with Gasteiger partial charge in [0.15, 0.2) is 0 Å². The van der Waals surface area contributed by atoms with Crippen molar-refractivity contribution in [3.05, 3.63) is 58.6 Å². The lowest BCUT2D eigenvalue weighted by atomic mass is 10.0. The summed E-state index contributed by atoms with van der Waals surface area (Å²) in [4.78, 5) is 27.8. The van der Waals surface area contributed by atoms with Crippen molar-refractivity contribution >= 4 is 44.4 Å². The van der Waals surface area contributed by atoms with Gasteiger partial charge >= 0.3 is 5.97 Å². The van der Waals surface area contributed by atoms with Crippen LogP contribution >= 0.6 is 15.9 Å². The number of fused-ring (bicyclic) bond motifs is 1. The van der Waals surface area contributed by atoms with E-state index in [2.05, 4.69) is 26.2 Å². The van der Waals surface area contributed by atoms with Crippen LogP contribution in [-0.4, -0.2) is 22.0 Å². The first kappa shape index (κ1) is 17.6. The molecule has 6 nitrogen and oxygen atoms in total. The number of carboxylic acids is 1. The smallest absolute Gasteiger partial charge is 0.336 e. The quantitative estimate of drug-likeness (QED) is 0.671. The molecule has 2 N–H and O–H groups in total. The average molecular weight is 410 g/mol. The molecule has 0 spiro atoms. The van der Waals surface area contributed by atoms with Crippen LogP contribution in [0.1, 0.15) is 16.8 Å². The number of aromatic carboxylic acids is 1. The lowest BCUT2D eigenvalue weighted by molar-refractivity contribution is -0.115. The van der Waals surface area contributed by atoms with E-state index in [0.717, 1.165) is 4.47 Å². The summed E-state index contributed by atoms with van der Waals surface area (Å²) in [6, 6.07) is 15.4. The third-order valence-electron chi connectivity index (χ3n) is 3.68. The number of nitrogens with zero attached hydrogens (tertiary/aromatic N) is 2. The molecular formula is C19H12BrN3O3. The number of nitriles is 1. The molecule has 0 saturated carbocycles. The van der Waals surface area contributed by atoms with Crippen molar-refractivity contribution in [3.8, 4) is 17.3 Å². The fourth-order valence-electron chi connectivity index (χ4n) is 2.56. The van der Waals surface area contributed by atoms with Gasteiger partial charge in [-0.2, -0.15) is 5.26 Å². The van der Waals surface area contributed by atoms with Crippen LogP contribution in [0.25, 0.3) is 22.2 Å². The Hall–Kier alpha value is -3.24. The zero-order chi connectivity index (χ0) is 18.7. The van der Waals surface area contributed by atoms with Gasteiger partial charge in [-0.3, -0.25) is 4.79 Å². The highest BCUT2D eigenvalue weighted by Crippen LogP contribution is 2.28. The average Bonchev–Trinajstić information content (AvgIpc) is 2.61. The SMILES string of the molecule is N#CCC(=O)Nc1cccc(-c2cc(C(=O)O)c3cc(Br)ccc3n2)c1. The Labute approximate surface area is 157 Å². The predicted octanol–water partition coefficient (Wildman–Crippen LogP) is 4.21. The van der Waals surface area contributed by atoms with Gasteiger partial charge in [0.25, 0.3) is 0 Å². The number of aromatic nitrogens is 1. The van der Waals surface area contributed by atoms with E-state index in [1.807, 2.05) is 0 Å². The first-order valence-corrected chi connectivity index (χ1v) is 8.38.